The first kappa shape index (κ1) is 12.0. The Morgan fingerprint density at radius 3 is 2.69 bits per heavy atom. The molecule has 0 N–H and O–H groups in total. The molecule has 0 heterocycles. The number of allylic oxidation sites excluding steroid dienone is 3. The third-order valence-electron chi connectivity index (χ3n) is 5.02. The molecule has 0 nitrogen and oxygen atoms in total. The van der Waals surface area contributed by atoms with Crippen molar-refractivity contribution in [2.45, 2.75) is 46.0 Å². The average Bonchev–Trinajstić information content (AvgIpc) is 2.91. The Morgan fingerprint density at radius 2 is 2.19 bits per heavy atom. The molecule has 2 bridgehead atoms. The minimum atomic E-state index is 0.907. The number of hydrogen-bond donors (Lipinski definition) is 0. The zero-order chi connectivity index (χ0) is 11.5. The van der Waals surface area contributed by atoms with Crippen molar-refractivity contribution >= 4 is 0 Å². The van der Waals surface area contributed by atoms with Crippen LogP contribution in [-0.2, 0) is 0 Å². The maximum Gasteiger partial charge on any atom is -0.0197 e. The van der Waals surface area contributed by atoms with Crippen LogP contribution in [0.4, 0.5) is 0 Å². The molecular weight excluding hydrogens is 192 g/mol. The lowest BCUT2D eigenvalue weighted by molar-refractivity contribution is 0.202. The SMILES string of the molecule is C=CCCC(CC)C(C)C1CC2C=CC1C2. The fraction of sp³-hybridized carbons (Fsp3) is 0.750. The molecule has 16 heavy (non-hydrogen) atoms. The lowest BCUT2D eigenvalue weighted by atomic mass is 9.74. The highest BCUT2D eigenvalue weighted by molar-refractivity contribution is 5.11. The van der Waals surface area contributed by atoms with Crippen LogP contribution >= 0.6 is 0 Å². The molecule has 5 atom stereocenters. The summed E-state index contributed by atoms with van der Waals surface area (Å²) in [7, 11) is 0. The van der Waals surface area contributed by atoms with E-state index < -0.39 is 0 Å². The van der Waals surface area contributed by atoms with Gasteiger partial charge in [-0.05, 0) is 55.3 Å². The highest BCUT2D eigenvalue weighted by Crippen LogP contribution is 2.49. The molecule has 0 aromatic heterocycles. The average molecular weight is 218 g/mol. The molecule has 2 rings (SSSR count). The Labute approximate surface area is 101 Å². The zero-order valence-electron chi connectivity index (χ0n) is 10.9. The Morgan fingerprint density at radius 1 is 1.38 bits per heavy atom. The zero-order valence-corrected chi connectivity index (χ0v) is 10.9. The van der Waals surface area contributed by atoms with E-state index in [1.54, 1.807) is 0 Å². The van der Waals surface area contributed by atoms with Crippen LogP contribution in [0.3, 0.4) is 0 Å². The van der Waals surface area contributed by atoms with Gasteiger partial charge in [0.15, 0.2) is 0 Å². The molecule has 0 amide bonds. The van der Waals surface area contributed by atoms with Crippen LogP contribution in [0.2, 0.25) is 0 Å². The standard InChI is InChI=1S/C16H26/c1-4-6-7-14(5-2)12(3)16-11-13-8-9-15(16)10-13/h4,8-9,12-16H,1,5-7,10-11H2,2-3H3. The van der Waals surface area contributed by atoms with Crippen LogP contribution in [0.5, 0.6) is 0 Å². The van der Waals surface area contributed by atoms with Gasteiger partial charge in [-0.15, -0.1) is 6.58 Å². The molecule has 0 aliphatic heterocycles. The third-order valence-corrected chi connectivity index (χ3v) is 5.02. The van der Waals surface area contributed by atoms with E-state index in [1.807, 2.05) is 0 Å². The molecular formula is C16H26. The Hall–Kier alpha value is -0.520. The summed E-state index contributed by atoms with van der Waals surface area (Å²) in [6, 6.07) is 0. The highest BCUT2D eigenvalue weighted by atomic mass is 14.4. The van der Waals surface area contributed by atoms with Crippen molar-refractivity contribution in [2.75, 3.05) is 0 Å². The molecule has 2 aliphatic carbocycles. The summed E-state index contributed by atoms with van der Waals surface area (Å²) in [5.41, 5.74) is 0. The summed E-state index contributed by atoms with van der Waals surface area (Å²) in [6.07, 6.45) is 13.8. The van der Waals surface area contributed by atoms with Crippen molar-refractivity contribution in [3.63, 3.8) is 0 Å². The predicted octanol–water partition coefficient (Wildman–Crippen LogP) is 4.83. The molecule has 0 heteroatoms. The second kappa shape index (κ2) is 5.21. The molecule has 0 spiro atoms. The van der Waals surface area contributed by atoms with Crippen LogP contribution in [0, 0.1) is 29.6 Å². The fourth-order valence-electron chi connectivity index (χ4n) is 3.95. The summed E-state index contributed by atoms with van der Waals surface area (Å²) in [5, 5.41) is 0. The first-order chi connectivity index (χ1) is 7.76. The Kier molecular flexibility index (Phi) is 3.89. The summed E-state index contributed by atoms with van der Waals surface area (Å²) < 4.78 is 0. The van der Waals surface area contributed by atoms with Crippen molar-refractivity contribution in [1.29, 1.82) is 0 Å². The van der Waals surface area contributed by atoms with E-state index in [0.29, 0.717) is 0 Å². The van der Waals surface area contributed by atoms with Crippen molar-refractivity contribution in [3.8, 4) is 0 Å². The van der Waals surface area contributed by atoms with Gasteiger partial charge in [-0.25, -0.2) is 0 Å². The molecule has 0 aromatic rings. The maximum absolute atomic E-state index is 3.85. The lowest BCUT2D eigenvalue weighted by Crippen LogP contribution is -2.23. The van der Waals surface area contributed by atoms with Gasteiger partial charge in [0.25, 0.3) is 0 Å². The molecule has 90 valence electrons. The van der Waals surface area contributed by atoms with Gasteiger partial charge < -0.3 is 0 Å². The molecule has 1 fully saturated rings. The third kappa shape index (κ3) is 2.26. The van der Waals surface area contributed by atoms with Crippen molar-refractivity contribution in [1.82, 2.24) is 0 Å². The van der Waals surface area contributed by atoms with E-state index in [2.05, 4.69) is 38.7 Å². The van der Waals surface area contributed by atoms with Crippen LogP contribution in [0.1, 0.15) is 46.0 Å². The van der Waals surface area contributed by atoms with Gasteiger partial charge >= 0.3 is 0 Å². The van der Waals surface area contributed by atoms with Crippen LogP contribution in [-0.4, -0.2) is 0 Å². The minimum Gasteiger partial charge on any atom is -0.103 e. The smallest absolute Gasteiger partial charge is 0.0197 e. The van der Waals surface area contributed by atoms with Gasteiger partial charge in [-0.2, -0.15) is 0 Å². The Balaban J connectivity index is 1.92. The Bertz CT molecular complexity index is 263. The first-order valence-electron chi connectivity index (χ1n) is 7.05. The largest absolute Gasteiger partial charge is 0.103 e. The second-order valence-corrected chi connectivity index (χ2v) is 5.84. The molecule has 2 aliphatic rings. The van der Waals surface area contributed by atoms with Crippen molar-refractivity contribution in [2.24, 2.45) is 29.6 Å². The minimum absolute atomic E-state index is 0.907. The topological polar surface area (TPSA) is 0 Å². The lowest BCUT2D eigenvalue weighted by Gasteiger charge is -2.31. The first-order valence-corrected chi connectivity index (χ1v) is 7.05. The summed E-state index contributed by atoms with van der Waals surface area (Å²) in [4.78, 5) is 0. The van der Waals surface area contributed by atoms with E-state index >= 15 is 0 Å². The summed E-state index contributed by atoms with van der Waals surface area (Å²) >= 11 is 0. The molecule has 0 saturated heterocycles. The van der Waals surface area contributed by atoms with Crippen LogP contribution in [0.25, 0.3) is 0 Å². The predicted molar refractivity (Wildman–Crippen MR) is 71.2 cm³/mol. The van der Waals surface area contributed by atoms with E-state index in [4.69, 9.17) is 0 Å². The number of hydrogen-bond acceptors (Lipinski definition) is 0. The summed E-state index contributed by atoms with van der Waals surface area (Å²) in [6.45, 7) is 8.70. The normalized spacial score (nSPS) is 35.2. The number of fused-ring (bicyclic) bond motifs is 2. The molecule has 1 saturated carbocycles. The summed E-state index contributed by atoms with van der Waals surface area (Å²) in [5.74, 6) is 4.64. The maximum atomic E-state index is 3.85. The molecule has 0 aromatic carbocycles. The monoisotopic (exact) mass is 218 g/mol. The van der Waals surface area contributed by atoms with Gasteiger partial charge in [0.1, 0.15) is 0 Å². The highest BCUT2D eigenvalue weighted by Gasteiger charge is 2.39. The van der Waals surface area contributed by atoms with Crippen molar-refractivity contribution < 1.29 is 0 Å². The van der Waals surface area contributed by atoms with E-state index in [1.165, 1.54) is 32.1 Å². The second-order valence-electron chi connectivity index (χ2n) is 5.84. The van der Waals surface area contributed by atoms with Gasteiger partial charge in [0.2, 0.25) is 0 Å². The van der Waals surface area contributed by atoms with Gasteiger partial charge in [-0.1, -0.05) is 38.5 Å². The van der Waals surface area contributed by atoms with E-state index in [0.717, 1.165) is 29.6 Å². The fourth-order valence-corrected chi connectivity index (χ4v) is 3.95. The van der Waals surface area contributed by atoms with Gasteiger partial charge in [0.05, 0.1) is 0 Å². The van der Waals surface area contributed by atoms with E-state index in [-0.39, 0.29) is 0 Å². The quantitative estimate of drug-likeness (QED) is 0.560. The van der Waals surface area contributed by atoms with Crippen molar-refractivity contribution in [3.05, 3.63) is 24.8 Å². The van der Waals surface area contributed by atoms with Crippen LogP contribution < -0.4 is 0 Å². The molecule has 0 radical (unpaired) electrons. The van der Waals surface area contributed by atoms with Gasteiger partial charge in [0, 0.05) is 0 Å². The van der Waals surface area contributed by atoms with Gasteiger partial charge in [-0.3, -0.25) is 0 Å². The van der Waals surface area contributed by atoms with Crippen LogP contribution in [0.15, 0.2) is 24.8 Å². The number of rotatable bonds is 6. The van der Waals surface area contributed by atoms with E-state index in [9.17, 15) is 0 Å². The molecule has 5 unspecified atom stereocenters.